The summed E-state index contributed by atoms with van der Waals surface area (Å²) in [6.07, 6.45) is 3.97. The number of aryl methyl sites for hydroxylation is 1. The van der Waals surface area contributed by atoms with Gasteiger partial charge in [-0.15, -0.1) is 0 Å². The van der Waals surface area contributed by atoms with E-state index >= 15 is 0 Å². The van der Waals surface area contributed by atoms with Gasteiger partial charge in [-0.05, 0) is 38.0 Å². The van der Waals surface area contributed by atoms with Crippen molar-refractivity contribution in [1.82, 2.24) is 14.3 Å². The summed E-state index contributed by atoms with van der Waals surface area (Å²) in [5, 5.41) is 3.14. The molecule has 1 aliphatic heterocycles. The maximum Gasteiger partial charge on any atom is 0.267 e. The van der Waals surface area contributed by atoms with Crippen LogP contribution in [0.3, 0.4) is 0 Å². The number of nitrogens with one attached hydrogen (secondary N) is 1. The molecule has 0 aliphatic carbocycles. The molecule has 1 aliphatic rings. The molecule has 28 heavy (non-hydrogen) atoms. The molecule has 1 N–H and O–H groups in total. The summed E-state index contributed by atoms with van der Waals surface area (Å²) < 4.78 is 7.03. The highest BCUT2D eigenvalue weighted by Crippen LogP contribution is 2.33. The first kappa shape index (κ1) is 20.5. The van der Waals surface area contributed by atoms with Crippen LogP contribution in [-0.4, -0.2) is 51.3 Å². The number of amides is 1. The molecule has 1 saturated heterocycles. The van der Waals surface area contributed by atoms with Crippen LogP contribution in [0, 0.1) is 6.92 Å². The highest BCUT2D eigenvalue weighted by Gasteiger charge is 2.32. The third kappa shape index (κ3) is 3.96. The van der Waals surface area contributed by atoms with E-state index in [4.69, 9.17) is 17.0 Å². The number of thiocarbonyl (C=S) groups is 1. The van der Waals surface area contributed by atoms with Crippen LogP contribution in [0.5, 0.6) is 0 Å². The Kier molecular flexibility index (Phi) is 6.48. The lowest BCUT2D eigenvalue weighted by atomic mass is 10.2. The van der Waals surface area contributed by atoms with Crippen LogP contribution in [0.15, 0.2) is 28.0 Å². The van der Waals surface area contributed by atoms with Crippen molar-refractivity contribution in [1.29, 1.82) is 0 Å². The summed E-state index contributed by atoms with van der Waals surface area (Å²) in [5.74, 6) is 0.272. The van der Waals surface area contributed by atoms with Crippen molar-refractivity contribution in [3.8, 4) is 0 Å². The number of carbonyl (C=O) groups excluding carboxylic acids is 1. The fourth-order valence-electron chi connectivity index (χ4n) is 2.93. The van der Waals surface area contributed by atoms with Crippen molar-refractivity contribution in [2.75, 3.05) is 32.1 Å². The Morgan fingerprint density at radius 3 is 2.89 bits per heavy atom. The molecule has 0 unspecified atom stereocenters. The Bertz CT molecular complexity index is 1020. The van der Waals surface area contributed by atoms with E-state index in [1.807, 2.05) is 19.9 Å². The van der Waals surface area contributed by atoms with Crippen molar-refractivity contribution < 1.29 is 9.53 Å². The van der Waals surface area contributed by atoms with Gasteiger partial charge in [0.1, 0.15) is 15.8 Å². The second-order valence-electron chi connectivity index (χ2n) is 6.27. The van der Waals surface area contributed by atoms with Gasteiger partial charge in [-0.25, -0.2) is 4.98 Å². The Balaban J connectivity index is 2.05. The molecule has 0 atom stereocenters. The number of anilines is 1. The SMILES string of the molecule is CCNc1nc2c(C)cccn2c(=O)c1/C=C1/SC(=S)N(CCCOC)C1=O. The van der Waals surface area contributed by atoms with Crippen molar-refractivity contribution >= 4 is 51.7 Å². The summed E-state index contributed by atoms with van der Waals surface area (Å²) in [6.45, 7) is 5.48. The maximum absolute atomic E-state index is 13.1. The second kappa shape index (κ2) is 8.85. The van der Waals surface area contributed by atoms with Crippen molar-refractivity contribution in [3.05, 3.63) is 44.7 Å². The van der Waals surface area contributed by atoms with E-state index < -0.39 is 0 Å². The van der Waals surface area contributed by atoms with E-state index in [0.29, 0.717) is 52.4 Å². The second-order valence-corrected chi connectivity index (χ2v) is 7.95. The maximum atomic E-state index is 13.1. The van der Waals surface area contributed by atoms with Crippen LogP contribution < -0.4 is 10.9 Å². The van der Waals surface area contributed by atoms with Gasteiger partial charge >= 0.3 is 0 Å². The lowest BCUT2D eigenvalue weighted by molar-refractivity contribution is -0.122. The molecule has 3 heterocycles. The number of hydrogen-bond donors (Lipinski definition) is 1. The van der Waals surface area contributed by atoms with Gasteiger partial charge in [0.25, 0.3) is 11.5 Å². The zero-order valence-electron chi connectivity index (χ0n) is 16.0. The van der Waals surface area contributed by atoms with Crippen LogP contribution in [0.25, 0.3) is 11.7 Å². The average molecular weight is 419 g/mol. The summed E-state index contributed by atoms with van der Waals surface area (Å²) in [6, 6.07) is 3.71. The minimum absolute atomic E-state index is 0.192. The van der Waals surface area contributed by atoms with Gasteiger partial charge in [0, 0.05) is 33.0 Å². The fraction of sp³-hybridized carbons (Fsp3) is 0.368. The summed E-state index contributed by atoms with van der Waals surface area (Å²) >= 11 is 6.55. The third-order valence-corrected chi connectivity index (χ3v) is 5.69. The molecule has 2 aromatic rings. The van der Waals surface area contributed by atoms with E-state index in [-0.39, 0.29) is 11.5 Å². The molecular formula is C19H22N4O3S2. The molecule has 0 radical (unpaired) electrons. The lowest BCUT2D eigenvalue weighted by Crippen LogP contribution is -2.29. The van der Waals surface area contributed by atoms with E-state index in [0.717, 1.165) is 5.56 Å². The van der Waals surface area contributed by atoms with Crippen LogP contribution in [-0.2, 0) is 9.53 Å². The molecule has 0 saturated carbocycles. The molecule has 9 heteroatoms. The number of ether oxygens (including phenoxy) is 1. The number of nitrogens with zero attached hydrogens (tertiary/aromatic N) is 3. The van der Waals surface area contributed by atoms with Crippen LogP contribution >= 0.6 is 24.0 Å². The molecule has 0 spiro atoms. The van der Waals surface area contributed by atoms with E-state index in [2.05, 4.69) is 10.3 Å². The molecule has 1 fully saturated rings. The average Bonchev–Trinajstić information content (AvgIpc) is 2.93. The minimum Gasteiger partial charge on any atom is -0.385 e. The Morgan fingerprint density at radius 2 is 2.18 bits per heavy atom. The smallest absolute Gasteiger partial charge is 0.267 e. The molecule has 0 aromatic carbocycles. The molecule has 7 nitrogen and oxygen atoms in total. The zero-order chi connectivity index (χ0) is 20.3. The number of pyridine rings is 1. The van der Waals surface area contributed by atoms with Gasteiger partial charge < -0.3 is 10.1 Å². The van der Waals surface area contributed by atoms with Crippen LogP contribution in [0.2, 0.25) is 0 Å². The molecule has 1 amide bonds. The largest absolute Gasteiger partial charge is 0.385 e. The molecule has 148 valence electrons. The van der Waals surface area contributed by atoms with E-state index in [1.54, 1.807) is 30.3 Å². The summed E-state index contributed by atoms with van der Waals surface area (Å²) in [7, 11) is 1.62. The highest BCUT2D eigenvalue weighted by molar-refractivity contribution is 8.26. The molecule has 0 bridgehead atoms. The van der Waals surface area contributed by atoms with Crippen molar-refractivity contribution in [2.24, 2.45) is 0 Å². The van der Waals surface area contributed by atoms with Crippen molar-refractivity contribution in [2.45, 2.75) is 20.3 Å². The number of methoxy groups -OCH3 is 1. The number of fused-ring (bicyclic) bond motifs is 1. The van der Waals surface area contributed by atoms with Crippen LogP contribution in [0.1, 0.15) is 24.5 Å². The standard InChI is InChI=1S/C19H22N4O3S2/c1-4-20-15-13(17(24)22-8-5-7-12(2)16(22)21-15)11-14-18(25)23(19(27)28-14)9-6-10-26-3/h5,7-8,11,20H,4,6,9-10H2,1-3H3/b14-11+. The topological polar surface area (TPSA) is 75.9 Å². The zero-order valence-corrected chi connectivity index (χ0v) is 17.7. The first-order valence-corrected chi connectivity index (χ1v) is 10.2. The predicted molar refractivity (Wildman–Crippen MR) is 117 cm³/mol. The first-order valence-electron chi connectivity index (χ1n) is 8.98. The van der Waals surface area contributed by atoms with Gasteiger partial charge in [0.05, 0.1) is 10.5 Å². The highest BCUT2D eigenvalue weighted by atomic mass is 32.2. The number of rotatable bonds is 7. The normalized spacial score (nSPS) is 15.8. The van der Waals surface area contributed by atoms with Gasteiger partial charge in [0.2, 0.25) is 0 Å². The minimum atomic E-state index is -0.227. The monoisotopic (exact) mass is 418 g/mol. The number of aromatic nitrogens is 2. The Hall–Kier alpha value is -2.23. The number of carbonyl (C=O) groups is 1. The predicted octanol–water partition coefficient (Wildman–Crippen LogP) is 2.67. The molecule has 3 rings (SSSR count). The number of thioether (sulfide) groups is 1. The van der Waals surface area contributed by atoms with Crippen LogP contribution in [0.4, 0.5) is 5.82 Å². The van der Waals surface area contributed by atoms with E-state index in [1.165, 1.54) is 16.2 Å². The quantitative estimate of drug-likeness (QED) is 0.421. The van der Waals surface area contributed by atoms with Gasteiger partial charge in [-0.3, -0.25) is 18.9 Å². The van der Waals surface area contributed by atoms with E-state index in [9.17, 15) is 9.59 Å². The van der Waals surface area contributed by atoms with Gasteiger partial charge in [-0.1, -0.05) is 30.0 Å². The van der Waals surface area contributed by atoms with Gasteiger partial charge in [-0.2, -0.15) is 0 Å². The Morgan fingerprint density at radius 1 is 1.39 bits per heavy atom. The third-order valence-electron chi connectivity index (χ3n) is 4.31. The molecular weight excluding hydrogens is 396 g/mol. The van der Waals surface area contributed by atoms with Gasteiger partial charge in [0.15, 0.2) is 0 Å². The molecule has 2 aromatic heterocycles. The fourth-order valence-corrected chi connectivity index (χ4v) is 4.23. The number of hydrogen-bond acceptors (Lipinski definition) is 7. The Labute approximate surface area is 172 Å². The lowest BCUT2D eigenvalue weighted by Gasteiger charge is -2.13. The summed E-state index contributed by atoms with van der Waals surface area (Å²) in [4.78, 5) is 32.5. The van der Waals surface area contributed by atoms with Crippen molar-refractivity contribution in [3.63, 3.8) is 0 Å². The summed E-state index contributed by atoms with van der Waals surface area (Å²) in [5.41, 5.74) is 1.61. The first-order chi connectivity index (χ1) is 13.5.